The molecule has 12 heteroatoms. The van der Waals surface area contributed by atoms with Crippen molar-refractivity contribution in [3.05, 3.63) is 28.2 Å². The van der Waals surface area contributed by atoms with Crippen molar-refractivity contribution >= 4 is 35.0 Å². The molecule has 2 N–H and O–H groups in total. The van der Waals surface area contributed by atoms with E-state index in [0.717, 1.165) is 0 Å². The molecule has 0 saturated carbocycles. The zero-order chi connectivity index (χ0) is 25.2. The van der Waals surface area contributed by atoms with Gasteiger partial charge in [-0.2, -0.15) is 4.98 Å². The van der Waals surface area contributed by atoms with Gasteiger partial charge in [0.2, 0.25) is 17.3 Å². The van der Waals surface area contributed by atoms with E-state index >= 15 is 0 Å². The smallest absolute Gasteiger partial charge is 0.408 e. The first-order valence-electron chi connectivity index (χ1n) is 11.1. The molecule has 0 spiro atoms. The summed E-state index contributed by atoms with van der Waals surface area (Å²) in [5.74, 6) is -1.12. The summed E-state index contributed by atoms with van der Waals surface area (Å²) in [7, 11) is 0. The topological polar surface area (TPSA) is 147 Å². The third-order valence-electron chi connectivity index (χ3n) is 5.35. The molecule has 0 unspecified atom stereocenters. The molecule has 1 aliphatic rings. The second-order valence-corrected chi connectivity index (χ2v) is 9.05. The first-order chi connectivity index (χ1) is 15.9. The number of nitrogens with one attached hydrogen (secondary N) is 1. The van der Waals surface area contributed by atoms with Gasteiger partial charge in [-0.1, -0.05) is 0 Å². The van der Waals surface area contributed by atoms with Crippen molar-refractivity contribution in [3.63, 3.8) is 0 Å². The van der Waals surface area contributed by atoms with Gasteiger partial charge in [-0.15, -0.1) is 0 Å². The maximum Gasteiger partial charge on any atom is 0.408 e. The Bertz CT molecular complexity index is 1160. The van der Waals surface area contributed by atoms with E-state index in [-0.39, 0.29) is 16.9 Å². The molecule has 2 aromatic heterocycles. The van der Waals surface area contributed by atoms with E-state index < -0.39 is 29.1 Å². The lowest BCUT2D eigenvalue weighted by molar-refractivity contribution is -0.133. The van der Waals surface area contributed by atoms with Gasteiger partial charge in [0.05, 0.1) is 5.39 Å². The van der Waals surface area contributed by atoms with E-state index in [1.165, 1.54) is 12.4 Å². The standard InChI is InChI=1S/C22H30N6O6/c1-6-26-12-15(19(31)32)16(29)14-11-23-20(25-17(14)26)28-9-7-27(8-10-28)18(30)13(2)24-21(33)34-22(3,4)5/h11-13H,6-10H2,1-5H3,(H,24,33)(H,31,32)/t13-/m0/s1. The fourth-order valence-corrected chi connectivity index (χ4v) is 3.66. The summed E-state index contributed by atoms with van der Waals surface area (Å²) in [5.41, 5.74) is -1.25. The molecular formula is C22H30N6O6. The first kappa shape index (κ1) is 24.9. The molecule has 0 bridgehead atoms. The molecule has 184 valence electrons. The number of fused-ring (bicyclic) bond motifs is 1. The number of aromatic nitrogens is 3. The van der Waals surface area contributed by atoms with Crippen LogP contribution in [0.2, 0.25) is 0 Å². The number of piperazine rings is 1. The molecule has 2 amide bonds. The molecule has 1 atom stereocenters. The lowest BCUT2D eigenvalue weighted by atomic mass is 10.2. The van der Waals surface area contributed by atoms with E-state index in [4.69, 9.17) is 4.74 Å². The van der Waals surface area contributed by atoms with Crippen molar-refractivity contribution < 1.29 is 24.2 Å². The largest absolute Gasteiger partial charge is 0.477 e. The fraction of sp³-hybridized carbons (Fsp3) is 0.545. The minimum absolute atomic E-state index is 0.140. The molecule has 1 saturated heterocycles. The summed E-state index contributed by atoms with van der Waals surface area (Å²) >= 11 is 0. The number of aromatic carboxylic acids is 1. The van der Waals surface area contributed by atoms with Gasteiger partial charge in [-0.25, -0.2) is 14.6 Å². The predicted octanol–water partition coefficient (Wildman–Crippen LogP) is 1.07. The summed E-state index contributed by atoms with van der Waals surface area (Å²) in [4.78, 5) is 60.9. The third-order valence-corrected chi connectivity index (χ3v) is 5.35. The Balaban J connectivity index is 1.70. The number of aryl methyl sites for hydroxylation is 1. The van der Waals surface area contributed by atoms with Crippen molar-refractivity contribution in [2.24, 2.45) is 0 Å². The molecule has 0 aliphatic carbocycles. The SMILES string of the molecule is CCn1cc(C(=O)O)c(=O)c2cnc(N3CCN(C(=O)[C@H](C)NC(=O)OC(C)(C)C)CC3)nc21. The molecule has 3 heterocycles. The van der Waals surface area contributed by atoms with Crippen LogP contribution in [0.3, 0.4) is 0 Å². The molecule has 0 aromatic carbocycles. The maximum absolute atomic E-state index is 12.7. The molecule has 12 nitrogen and oxygen atoms in total. The van der Waals surface area contributed by atoms with Crippen LogP contribution in [0.4, 0.5) is 10.7 Å². The summed E-state index contributed by atoms with van der Waals surface area (Å²) in [6.07, 6.45) is 1.99. The third kappa shape index (κ3) is 5.43. The number of pyridine rings is 1. The number of alkyl carbamates (subject to hydrolysis) is 1. The number of amides is 2. The first-order valence-corrected chi connectivity index (χ1v) is 11.1. The number of carboxylic acid groups (broad SMARTS) is 1. The van der Waals surface area contributed by atoms with Crippen molar-refractivity contribution in [1.29, 1.82) is 0 Å². The highest BCUT2D eigenvalue weighted by Crippen LogP contribution is 2.16. The zero-order valence-electron chi connectivity index (χ0n) is 20.0. The van der Waals surface area contributed by atoms with Crippen molar-refractivity contribution in [1.82, 2.24) is 24.8 Å². The summed E-state index contributed by atoms with van der Waals surface area (Å²) < 4.78 is 6.81. The summed E-state index contributed by atoms with van der Waals surface area (Å²) in [5, 5.41) is 12.0. The Hall–Kier alpha value is -3.70. The predicted molar refractivity (Wildman–Crippen MR) is 124 cm³/mol. The number of ether oxygens (including phenoxy) is 1. The number of carboxylic acids is 1. The Morgan fingerprint density at radius 1 is 1.21 bits per heavy atom. The van der Waals surface area contributed by atoms with Crippen molar-refractivity contribution in [2.45, 2.75) is 52.8 Å². The average molecular weight is 475 g/mol. The van der Waals surface area contributed by atoms with E-state index in [0.29, 0.717) is 44.3 Å². The van der Waals surface area contributed by atoms with Gasteiger partial charge < -0.3 is 29.5 Å². The highest BCUT2D eigenvalue weighted by atomic mass is 16.6. The lowest BCUT2D eigenvalue weighted by Gasteiger charge is -2.36. The molecule has 1 fully saturated rings. The normalized spacial score (nSPS) is 15.2. The fourth-order valence-electron chi connectivity index (χ4n) is 3.66. The van der Waals surface area contributed by atoms with Crippen LogP contribution in [0.15, 0.2) is 17.2 Å². The number of carbonyl (C=O) groups is 3. The number of anilines is 1. The molecular weight excluding hydrogens is 444 g/mol. The minimum atomic E-state index is -1.30. The minimum Gasteiger partial charge on any atom is -0.477 e. The van der Waals surface area contributed by atoms with Gasteiger partial charge in [0.1, 0.15) is 22.9 Å². The number of hydrogen-bond donors (Lipinski definition) is 2. The van der Waals surface area contributed by atoms with Crippen LogP contribution >= 0.6 is 0 Å². The quantitative estimate of drug-likeness (QED) is 0.649. The number of rotatable bonds is 5. The van der Waals surface area contributed by atoms with Crippen LogP contribution in [0, 0.1) is 0 Å². The van der Waals surface area contributed by atoms with Gasteiger partial charge in [-0.05, 0) is 34.6 Å². The van der Waals surface area contributed by atoms with E-state index in [9.17, 15) is 24.3 Å². The monoisotopic (exact) mass is 474 g/mol. The lowest BCUT2D eigenvalue weighted by Crippen LogP contribution is -2.54. The average Bonchev–Trinajstić information content (AvgIpc) is 2.77. The van der Waals surface area contributed by atoms with Crippen LogP contribution < -0.4 is 15.6 Å². The van der Waals surface area contributed by atoms with E-state index in [2.05, 4.69) is 15.3 Å². The summed E-state index contributed by atoms with van der Waals surface area (Å²) in [6, 6.07) is -0.735. The molecule has 1 aliphatic heterocycles. The van der Waals surface area contributed by atoms with Gasteiger partial charge >= 0.3 is 12.1 Å². The van der Waals surface area contributed by atoms with E-state index in [1.807, 2.05) is 11.8 Å². The Morgan fingerprint density at radius 3 is 2.41 bits per heavy atom. The highest BCUT2D eigenvalue weighted by molar-refractivity contribution is 5.91. The molecule has 0 radical (unpaired) electrons. The summed E-state index contributed by atoms with van der Waals surface area (Å²) in [6.45, 7) is 10.8. The van der Waals surface area contributed by atoms with Gasteiger partial charge in [-0.3, -0.25) is 9.59 Å². The van der Waals surface area contributed by atoms with Gasteiger partial charge in [0.25, 0.3) is 0 Å². The molecule has 34 heavy (non-hydrogen) atoms. The van der Waals surface area contributed by atoms with Crippen molar-refractivity contribution in [3.8, 4) is 0 Å². The van der Waals surface area contributed by atoms with Crippen molar-refractivity contribution in [2.75, 3.05) is 31.1 Å². The Kier molecular flexibility index (Phi) is 7.08. The second kappa shape index (κ2) is 9.65. The van der Waals surface area contributed by atoms with E-state index in [1.54, 1.807) is 37.2 Å². The van der Waals surface area contributed by atoms with Gasteiger partial charge in [0, 0.05) is 45.1 Å². The van der Waals surface area contributed by atoms with Crippen LogP contribution in [0.25, 0.3) is 11.0 Å². The highest BCUT2D eigenvalue weighted by Gasteiger charge is 2.28. The zero-order valence-corrected chi connectivity index (χ0v) is 20.0. The molecule has 2 aromatic rings. The Morgan fingerprint density at radius 2 is 1.85 bits per heavy atom. The molecule has 3 rings (SSSR count). The van der Waals surface area contributed by atoms with Crippen LogP contribution in [0.1, 0.15) is 45.0 Å². The van der Waals surface area contributed by atoms with Crippen LogP contribution in [-0.4, -0.2) is 80.3 Å². The second-order valence-electron chi connectivity index (χ2n) is 9.05. The maximum atomic E-state index is 12.7. The Labute approximate surface area is 196 Å². The van der Waals surface area contributed by atoms with Gasteiger partial charge in [0.15, 0.2) is 0 Å². The number of hydrogen-bond acceptors (Lipinski definition) is 8. The number of carbonyl (C=O) groups excluding carboxylic acids is 2. The number of nitrogens with zero attached hydrogens (tertiary/aromatic N) is 5. The van der Waals surface area contributed by atoms with Crippen LogP contribution in [0.5, 0.6) is 0 Å². The van der Waals surface area contributed by atoms with Crippen LogP contribution in [-0.2, 0) is 16.1 Å².